The summed E-state index contributed by atoms with van der Waals surface area (Å²) in [5, 5.41) is 12.4. The Labute approximate surface area is 120 Å². The maximum Gasteiger partial charge on any atom is 0.128 e. The lowest BCUT2D eigenvalue weighted by Gasteiger charge is -2.07. The summed E-state index contributed by atoms with van der Waals surface area (Å²) in [6.07, 6.45) is 1.80. The number of nitrogens with zero attached hydrogens (tertiary/aromatic N) is 1. The van der Waals surface area contributed by atoms with Gasteiger partial charge in [0, 0.05) is 17.8 Å². The van der Waals surface area contributed by atoms with Crippen LogP contribution in [0.4, 0.5) is 10.1 Å². The molecule has 0 fully saturated rings. The van der Waals surface area contributed by atoms with Crippen LogP contribution in [0.1, 0.15) is 11.1 Å². The Balaban J connectivity index is 1.76. The predicted molar refractivity (Wildman–Crippen MR) is 80.4 cm³/mol. The van der Waals surface area contributed by atoms with Crippen LogP contribution in [0.2, 0.25) is 0 Å². The SMILES string of the molecule is Cc1ccc(NCc2cn[nH]c2-c2cccs2)cc1F. The Morgan fingerprint density at radius 2 is 2.25 bits per heavy atom. The van der Waals surface area contributed by atoms with Crippen LogP contribution in [0.3, 0.4) is 0 Å². The van der Waals surface area contributed by atoms with Gasteiger partial charge in [0.05, 0.1) is 16.8 Å². The number of halogens is 1. The van der Waals surface area contributed by atoms with Gasteiger partial charge in [0.2, 0.25) is 0 Å². The van der Waals surface area contributed by atoms with Crippen molar-refractivity contribution in [1.29, 1.82) is 0 Å². The number of nitrogens with one attached hydrogen (secondary N) is 2. The van der Waals surface area contributed by atoms with Crippen LogP contribution >= 0.6 is 11.3 Å². The van der Waals surface area contributed by atoms with Gasteiger partial charge in [-0.3, -0.25) is 5.10 Å². The Morgan fingerprint density at radius 1 is 1.35 bits per heavy atom. The zero-order valence-electron chi connectivity index (χ0n) is 11.0. The van der Waals surface area contributed by atoms with E-state index in [0.29, 0.717) is 12.1 Å². The molecule has 0 amide bonds. The number of hydrogen-bond donors (Lipinski definition) is 2. The van der Waals surface area contributed by atoms with Crippen molar-refractivity contribution >= 4 is 17.0 Å². The monoisotopic (exact) mass is 287 g/mol. The first-order chi connectivity index (χ1) is 9.74. The normalized spacial score (nSPS) is 10.7. The van der Waals surface area contributed by atoms with Crippen molar-refractivity contribution in [2.75, 3.05) is 5.32 Å². The lowest BCUT2D eigenvalue weighted by atomic mass is 10.2. The molecule has 1 aromatic carbocycles. The molecule has 2 N–H and O–H groups in total. The van der Waals surface area contributed by atoms with Crippen molar-refractivity contribution < 1.29 is 4.39 Å². The van der Waals surface area contributed by atoms with Gasteiger partial charge in [-0.1, -0.05) is 12.1 Å². The van der Waals surface area contributed by atoms with Gasteiger partial charge in [-0.25, -0.2) is 4.39 Å². The first kappa shape index (κ1) is 12.9. The van der Waals surface area contributed by atoms with Gasteiger partial charge < -0.3 is 5.32 Å². The maximum absolute atomic E-state index is 13.5. The van der Waals surface area contributed by atoms with E-state index in [4.69, 9.17) is 0 Å². The average molecular weight is 287 g/mol. The summed E-state index contributed by atoms with van der Waals surface area (Å²) in [7, 11) is 0. The molecule has 0 saturated carbocycles. The van der Waals surface area contributed by atoms with Crippen molar-refractivity contribution in [3.8, 4) is 10.6 Å². The van der Waals surface area contributed by atoms with Crippen molar-refractivity contribution in [3.63, 3.8) is 0 Å². The smallest absolute Gasteiger partial charge is 0.128 e. The molecule has 2 heterocycles. The molecule has 5 heteroatoms. The highest BCUT2D eigenvalue weighted by Gasteiger charge is 2.08. The number of rotatable bonds is 4. The number of aryl methyl sites for hydroxylation is 1. The number of H-pyrrole nitrogens is 1. The largest absolute Gasteiger partial charge is 0.381 e. The van der Waals surface area contributed by atoms with E-state index in [2.05, 4.69) is 15.5 Å². The standard InChI is InChI=1S/C15H14FN3S/c1-10-4-5-12(7-13(10)16)17-8-11-9-18-19-15(11)14-3-2-6-20-14/h2-7,9,17H,8H2,1H3,(H,18,19). The Morgan fingerprint density at radius 3 is 3.00 bits per heavy atom. The van der Waals surface area contributed by atoms with Gasteiger partial charge in [0.15, 0.2) is 0 Å². The molecule has 3 nitrogen and oxygen atoms in total. The zero-order valence-corrected chi connectivity index (χ0v) is 11.8. The van der Waals surface area contributed by atoms with Crippen LogP contribution in [0.5, 0.6) is 0 Å². The first-order valence-corrected chi connectivity index (χ1v) is 7.18. The summed E-state index contributed by atoms with van der Waals surface area (Å²) in [6, 6.07) is 9.22. The third-order valence-corrected chi connectivity index (χ3v) is 4.03. The lowest BCUT2D eigenvalue weighted by molar-refractivity contribution is 0.619. The molecule has 0 aliphatic carbocycles. The molecule has 20 heavy (non-hydrogen) atoms. The highest BCUT2D eigenvalue weighted by atomic mass is 32.1. The molecule has 2 aromatic heterocycles. The van der Waals surface area contributed by atoms with Crippen molar-refractivity contribution in [2.24, 2.45) is 0 Å². The van der Waals surface area contributed by atoms with Gasteiger partial charge in [0.1, 0.15) is 5.82 Å². The first-order valence-electron chi connectivity index (χ1n) is 6.30. The van der Waals surface area contributed by atoms with E-state index >= 15 is 0 Å². The fourth-order valence-corrected chi connectivity index (χ4v) is 2.73. The molecule has 0 aliphatic rings. The second kappa shape index (κ2) is 5.46. The van der Waals surface area contributed by atoms with E-state index in [1.54, 1.807) is 30.5 Å². The van der Waals surface area contributed by atoms with E-state index in [9.17, 15) is 4.39 Å². The Bertz CT molecular complexity index is 704. The van der Waals surface area contributed by atoms with E-state index in [-0.39, 0.29) is 5.82 Å². The highest BCUT2D eigenvalue weighted by Crippen LogP contribution is 2.26. The van der Waals surface area contributed by atoms with Crippen LogP contribution in [-0.2, 0) is 6.54 Å². The fraction of sp³-hybridized carbons (Fsp3) is 0.133. The van der Waals surface area contributed by atoms with Crippen molar-refractivity contribution in [1.82, 2.24) is 10.2 Å². The molecular formula is C15H14FN3S. The molecule has 0 unspecified atom stereocenters. The summed E-state index contributed by atoms with van der Waals surface area (Å²) in [5.74, 6) is -0.194. The summed E-state index contributed by atoms with van der Waals surface area (Å²) < 4.78 is 13.5. The number of aromatic nitrogens is 2. The maximum atomic E-state index is 13.5. The van der Waals surface area contributed by atoms with E-state index in [1.165, 1.54) is 6.07 Å². The molecular weight excluding hydrogens is 273 g/mol. The van der Waals surface area contributed by atoms with Crippen LogP contribution in [-0.4, -0.2) is 10.2 Å². The molecule has 0 atom stereocenters. The van der Waals surface area contributed by atoms with Crippen LogP contribution in [0.25, 0.3) is 10.6 Å². The summed E-state index contributed by atoms with van der Waals surface area (Å²) in [5.41, 5.74) is 3.50. The average Bonchev–Trinajstić information content (AvgIpc) is 3.09. The summed E-state index contributed by atoms with van der Waals surface area (Å²) in [6.45, 7) is 2.36. The number of hydrogen-bond acceptors (Lipinski definition) is 3. The van der Waals surface area contributed by atoms with Gasteiger partial charge >= 0.3 is 0 Å². The fourth-order valence-electron chi connectivity index (χ4n) is 1.98. The van der Waals surface area contributed by atoms with E-state index in [0.717, 1.165) is 21.8 Å². The molecule has 0 saturated heterocycles. The molecule has 0 radical (unpaired) electrons. The number of benzene rings is 1. The van der Waals surface area contributed by atoms with Crippen LogP contribution in [0.15, 0.2) is 41.9 Å². The van der Waals surface area contributed by atoms with Gasteiger partial charge in [0.25, 0.3) is 0 Å². The number of aromatic amines is 1. The summed E-state index contributed by atoms with van der Waals surface area (Å²) in [4.78, 5) is 1.15. The molecule has 3 aromatic rings. The number of anilines is 1. The zero-order chi connectivity index (χ0) is 13.9. The number of thiophene rings is 1. The van der Waals surface area contributed by atoms with Crippen molar-refractivity contribution in [2.45, 2.75) is 13.5 Å². The third-order valence-electron chi connectivity index (χ3n) is 3.14. The molecule has 3 rings (SSSR count). The molecule has 102 valence electrons. The molecule has 0 bridgehead atoms. The lowest BCUT2D eigenvalue weighted by Crippen LogP contribution is -2.00. The van der Waals surface area contributed by atoms with Gasteiger partial charge in [-0.2, -0.15) is 5.10 Å². The van der Waals surface area contributed by atoms with Gasteiger partial charge in [-0.05, 0) is 36.1 Å². The molecule has 0 spiro atoms. The minimum Gasteiger partial charge on any atom is -0.381 e. The van der Waals surface area contributed by atoms with Crippen molar-refractivity contribution in [3.05, 3.63) is 58.9 Å². The minimum absolute atomic E-state index is 0.194. The highest BCUT2D eigenvalue weighted by molar-refractivity contribution is 7.13. The van der Waals surface area contributed by atoms with E-state index < -0.39 is 0 Å². The molecule has 0 aliphatic heterocycles. The minimum atomic E-state index is -0.194. The topological polar surface area (TPSA) is 40.7 Å². The Hall–Kier alpha value is -2.14. The summed E-state index contributed by atoms with van der Waals surface area (Å²) >= 11 is 1.66. The Kier molecular flexibility index (Phi) is 3.52. The second-order valence-corrected chi connectivity index (χ2v) is 5.51. The third kappa shape index (κ3) is 2.58. The second-order valence-electron chi connectivity index (χ2n) is 4.57. The predicted octanol–water partition coefficient (Wildman–Crippen LogP) is 4.20. The van der Waals surface area contributed by atoms with Crippen LogP contribution in [0, 0.1) is 12.7 Å². The van der Waals surface area contributed by atoms with Gasteiger partial charge in [-0.15, -0.1) is 11.3 Å². The van der Waals surface area contributed by atoms with Crippen LogP contribution < -0.4 is 5.32 Å². The van der Waals surface area contributed by atoms with E-state index in [1.807, 2.05) is 23.6 Å². The quantitative estimate of drug-likeness (QED) is 0.755.